The van der Waals surface area contributed by atoms with Crippen LogP contribution in [0.2, 0.25) is 0 Å². The maximum absolute atomic E-state index is 12.6. The summed E-state index contributed by atoms with van der Waals surface area (Å²) < 4.78 is 12.0. The molecule has 8 heteroatoms. The van der Waals surface area contributed by atoms with Crippen molar-refractivity contribution in [1.29, 1.82) is 0 Å². The van der Waals surface area contributed by atoms with Crippen LogP contribution in [0.4, 0.5) is 11.4 Å². The van der Waals surface area contributed by atoms with E-state index in [1.54, 1.807) is 29.2 Å². The van der Waals surface area contributed by atoms with Crippen LogP contribution in [-0.4, -0.2) is 30.9 Å². The van der Waals surface area contributed by atoms with Gasteiger partial charge in [0.15, 0.2) is 6.61 Å². The number of carbonyl (C=O) groups is 3. The summed E-state index contributed by atoms with van der Waals surface area (Å²) in [6, 6.07) is 18.6. The van der Waals surface area contributed by atoms with E-state index in [1.807, 2.05) is 57.2 Å². The molecule has 7 nitrogen and oxygen atoms in total. The van der Waals surface area contributed by atoms with Crippen LogP contribution in [0.1, 0.15) is 23.1 Å². The fourth-order valence-electron chi connectivity index (χ4n) is 3.91. The number of esters is 1. The lowest BCUT2D eigenvalue weighted by Crippen LogP contribution is -2.28. The number of hydrogen-bond acceptors (Lipinski definition) is 5. The van der Waals surface area contributed by atoms with Gasteiger partial charge in [-0.3, -0.25) is 14.4 Å². The molecule has 0 unspecified atom stereocenters. The number of hydrogen-bond donors (Lipinski definition) is 1. The highest BCUT2D eigenvalue weighted by Gasteiger charge is 2.36. The van der Waals surface area contributed by atoms with Crippen LogP contribution in [0.3, 0.4) is 0 Å². The first-order valence-electron chi connectivity index (χ1n) is 11.6. The monoisotopic (exact) mass is 550 g/mol. The van der Waals surface area contributed by atoms with Crippen molar-refractivity contribution in [3.8, 4) is 11.5 Å². The third-order valence-corrected chi connectivity index (χ3v) is 6.84. The molecule has 36 heavy (non-hydrogen) atoms. The number of nitrogens with zero attached hydrogens (tertiary/aromatic N) is 1. The number of anilines is 2. The standard InChI is InChI=1S/C28H27BrN2O5/c1-17-4-8-22(9-5-17)36-23-10-6-21(7-11-23)31-15-20(14-27(31)33)28(34)35-16-26(32)30-25-13-18(2)24(29)12-19(25)3/h4-13,20H,14-16H2,1-3H3,(H,30,32)/t20-/m0/s1. The van der Waals surface area contributed by atoms with Crippen molar-refractivity contribution >= 4 is 45.1 Å². The highest BCUT2D eigenvalue weighted by atomic mass is 79.9. The largest absolute Gasteiger partial charge is 0.457 e. The van der Waals surface area contributed by atoms with Crippen molar-refractivity contribution in [2.24, 2.45) is 5.92 Å². The van der Waals surface area contributed by atoms with Crippen molar-refractivity contribution < 1.29 is 23.9 Å². The minimum absolute atomic E-state index is 0.0348. The molecule has 1 aliphatic heterocycles. The van der Waals surface area contributed by atoms with Gasteiger partial charge in [0.25, 0.3) is 5.91 Å². The number of benzene rings is 3. The minimum atomic E-state index is -0.634. The molecule has 2 amide bonds. The lowest BCUT2D eigenvalue weighted by atomic mass is 10.1. The zero-order valence-electron chi connectivity index (χ0n) is 20.3. The van der Waals surface area contributed by atoms with Crippen LogP contribution in [0.25, 0.3) is 0 Å². The van der Waals surface area contributed by atoms with Crippen LogP contribution >= 0.6 is 15.9 Å². The van der Waals surface area contributed by atoms with E-state index in [0.717, 1.165) is 26.9 Å². The Labute approximate surface area is 218 Å². The van der Waals surface area contributed by atoms with Crippen LogP contribution in [0.15, 0.2) is 65.1 Å². The third kappa shape index (κ3) is 6.12. The van der Waals surface area contributed by atoms with E-state index in [4.69, 9.17) is 9.47 Å². The predicted molar refractivity (Wildman–Crippen MR) is 141 cm³/mol. The van der Waals surface area contributed by atoms with Crippen molar-refractivity contribution in [2.45, 2.75) is 27.2 Å². The second-order valence-electron chi connectivity index (χ2n) is 8.89. The third-order valence-electron chi connectivity index (χ3n) is 5.99. The van der Waals surface area contributed by atoms with E-state index in [-0.39, 0.29) is 18.9 Å². The van der Waals surface area contributed by atoms with E-state index < -0.39 is 24.4 Å². The molecular weight excluding hydrogens is 524 g/mol. The van der Waals surface area contributed by atoms with Crippen molar-refractivity contribution in [1.82, 2.24) is 0 Å². The number of amides is 2. The van der Waals surface area contributed by atoms with Crippen molar-refractivity contribution in [3.63, 3.8) is 0 Å². The van der Waals surface area contributed by atoms with Gasteiger partial charge in [-0.25, -0.2) is 0 Å². The Kier molecular flexibility index (Phi) is 7.74. The number of halogens is 1. The smallest absolute Gasteiger partial charge is 0.311 e. The van der Waals surface area contributed by atoms with E-state index >= 15 is 0 Å². The first-order chi connectivity index (χ1) is 17.2. The maximum Gasteiger partial charge on any atom is 0.311 e. The lowest BCUT2D eigenvalue weighted by molar-refractivity contribution is -0.151. The number of ether oxygens (including phenoxy) is 2. The molecule has 4 rings (SSSR count). The van der Waals surface area contributed by atoms with Gasteiger partial charge in [-0.2, -0.15) is 0 Å². The highest BCUT2D eigenvalue weighted by molar-refractivity contribution is 9.10. The van der Waals surface area contributed by atoms with Crippen LogP contribution in [0.5, 0.6) is 11.5 Å². The summed E-state index contributed by atoms with van der Waals surface area (Å²) in [6.07, 6.45) is 0.0348. The molecule has 1 N–H and O–H groups in total. The molecule has 0 bridgehead atoms. The minimum Gasteiger partial charge on any atom is -0.457 e. The number of rotatable bonds is 7. The lowest BCUT2D eigenvalue weighted by Gasteiger charge is -2.17. The van der Waals surface area contributed by atoms with Crippen molar-refractivity contribution in [3.05, 3.63) is 81.8 Å². The number of aryl methyl sites for hydroxylation is 3. The Bertz CT molecular complexity index is 1290. The van der Waals surface area contributed by atoms with Gasteiger partial charge >= 0.3 is 5.97 Å². The van der Waals surface area contributed by atoms with Gasteiger partial charge in [-0.15, -0.1) is 0 Å². The summed E-state index contributed by atoms with van der Waals surface area (Å²) in [7, 11) is 0. The zero-order valence-corrected chi connectivity index (χ0v) is 21.9. The van der Waals surface area contributed by atoms with E-state index in [9.17, 15) is 14.4 Å². The molecule has 1 aliphatic rings. The molecule has 186 valence electrons. The van der Waals surface area contributed by atoms with Gasteiger partial charge in [0, 0.05) is 28.8 Å². The van der Waals surface area contributed by atoms with Gasteiger partial charge in [-0.05, 0) is 80.4 Å². The quantitative estimate of drug-likeness (QED) is 0.381. The average molecular weight is 551 g/mol. The molecular formula is C28H27BrN2O5. The molecule has 0 aromatic heterocycles. The number of nitrogens with one attached hydrogen (secondary N) is 1. The fraction of sp³-hybridized carbons (Fsp3) is 0.250. The fourth-order valence-corrected chi connectivity index (χ4v) is 4.37. The van der Waals surface area contributed by atoms with Crippen LogP contribution < -0.4 is 15.0 Å². The summed E-state index contributed by atoms with van der Waals surface area (Å²) in [5, 5.41) is 2.77. The van der Waals surface area contributed by atoms with Gasteiger partial charge < -0.3 is 19.7 Å². The van der Waals surface area contributed by atoms with Crippen LogP contribution in [-0.2, 0) is 19.1 Å². The summed E-state index contributed by atoms with van der Waals surface area (Å²) >= 11 is 3.46. The maximum atomic E-state index is 12.6. The van der Waals surface area contributed by atoms with E-state index in [0.29, 0.717) is 17.1 Å². The molecule has 3 aromatic carbocycles. The number of carbonyl (C=O) groups excluding carboxylic acids is 3. The van der Waals surface area contributed by atoms with Gasteiger partial charge in [0.05, 0.1) is 5.92 Å². The first-order valence-corrected chi connectivity index (χ1v) is 12.4. The predicted octanol–water partition coefficient (Wildman–Crippen LogP) is 5.70. The summed E-state index contributed by atoms with van der Waals surface area (Å²) in [4.78, 5) is 39.0. The van der Waals surface area contributed by atoms with E-state index in [1.165, 1.54) is 0 Å². The second-order valence-corrected chi connectivity index (χ2v) is 9.74. The Morgan fingerprint density at radius 3 is 2.28 bits per heavy atom. The molecule has 1 atom stereocenters. The second kappa shape index (κ2) is 11.0. The summed E-state index contributed by atoms with van der Waals surface area (Å²) in [5.74, 6) is -0.433. The Morgan fingerprint density at radius 1 is 0.972 bits per heavy atom. The van der Waals surface area contributed by atoms with Crippen molar-refractivity contribution in [2.75, 3.05) is 23.4 Å². The normalized spacial score (nSPS) is 15.1. The SMILES string of the molecule is Cc1ccc(Oc2ccc(N3C[C@@H](C(=O)OCC(=O)Nc4cc(C)c(Br)cc4C)CC3=O)cc2)cc1. The van der Waals surface area contributed by atoms with Gasteiger partial charge in [0.2, 0.25) is 5.91 Å². The van der Waals surface area contributed by atoms with Gasteiger partial charge in [-0.1, -0.05) is 33.6 Å². The Hall–Kier alpha value is -3.65. The Morgan fingerprint density at radius 2 is 1.61 bits per heavy atom. The molecule has 1 fully saturated rings. The topological polar surface area (TPSA) is 84.9 Å². The molecule has 1 saturated heterocycles. The Balaban J connectivity index is 1.30. The summed E-state index contributed by atoms with van der Waals surface area (Å²) in [5.41, 5.74) is 4.35. The molecule has 0 aliphatic carbocycles. The summed E-state index contributed by atoms with van der Waals surface area (Å²) in [6.45, 7) is 5.60. The molecule has 3 aromatic rings. The molecule has 0 radical (unpaired) electrons. The highest BCUT2D eigenvalue weighted by Crippen LogP contribution is 2.29. The van der Waals surface area contributed by atoms with Gasteiger partial charge in [0.1, 0.15) is 11.5 Å². The average Bonchev–Trinajstić information content (AvgIpc) is 3.24. The zero-order chi connectivity index (χ0) is 25.8. The molecule has 0 saturated carbocycles. The molecule has 1 heterocycles. The molecule has 0 spiro atoms. The van der Waals surface area contributed by atoms with E-state index in [2.05, 4.69) is 21.2 Å². The van der Waals surface area contributed by atoms with Crippen LogP contribution in [0, 0.1) is 26.7 Å². The first kappa shape index (κ1) is 25.4.